The molecule has 0 aromatic heterocycles. The first kappa shape index (κ1) is 19.4. The van der Waals surface area contributed by atoms with E-state index in [1.54, 1.807) is 4.90 Å². The number of sulfone groups is 1. The Balaban J connectivity index is 2.66. The molecule has 22 heavy (non-hydrogen) atoms. The molecule has 1 heterocycles. The molecule has 0 aromatic rings. The normalized spacial score (nSPS) is 21.2. The van der Waals surface area contributed by atoms with Crippen LogP contribution in [0.1, 0.15) is 33.1 Å². The number of carbonyl (C=O) groups excluding carboxylic acids is 1. The van der Waals surface area contributed by atoms with E-state index >= 15 is 0 Å². The molecule has 0 radical (unpaired) electrons. The van der Waals surface area contributed by atoms with Crippen molar-refractivity contribution in [3.63, 3.8) is 0 Å². The number of hydrogen-bond acceptors (Lipinski definition) is 5. The zero-order chi connectivity index (χ0) is 17.0. The summed E-state index contributed by atoms with van der Waals surface area (Å²) in [6, 6.07) is -0.277. The fraction of sp³-hybridized carbons (Fsp3) is 0.923. The predicted molar refractivity (Wildman–Crippen MR) is 85.8 cm³/mol. The minimum atomic E-state index is -3.33. The highest BCUT2D eigenvalue weighted by Crippen LogP contribution is 2.18. The summed E-state index contributed by atoms with van der Waals surface area (Å²) in [7, 11) is -6.37. The largest absolute Gasteiger partial charge is 0.339 e. The molecule has 0 aliphatic carbocycles. The molecule has 0 aromatic carbocycles. The lowest BCUT2D eigenvalue weighted by Crippen LogP contribution is -2.43. The van der Waals surface area contributed by atoms with Gasteiger partial charge in [0.15, 0.2) is 9.84 Å². The summed E-state index contributed by atoms with van der Waals surface area (Å²) in [5, 5.41) is 0. The molecular formula is C13H26N2O5S2. The van der Waals surface area contributed by atoms with Crippen LogP contribution in [0, 0.1) is 0 Å². The van der Waals surface area contributed by atoms with Gasteiger partial charge in [0.05, 0.1) is 17.8 Å². The molecule has 1 aliphatic heterocycles. The van der Waals surface area contributed by atoms with E-state index in [4.69, 9.17) is 0 Å². The van der Waals surface area contributed by atoms with Crippen molar-refractivity contribution in [3.8, 4) is 0 Å². The number of rotatable bonds is 8. The Labute approximate surface area is 133 Å². The Bertz CT molecular complexity index is 586. The van der Waals surface area contributed by atoms with Gasteiger partial charge >= 0.3 is 0 Å². The van der Waals surface area contributed by atoms with Crippen LogP contribution in [0.2, 0.25) is 0 Å². The molecule has 7 nitrogen and oxygen atoms in total. The van der Waals surface area contributed by atoms with Crippen LogP contribution in [0.5, 0.6) is 0 Å². The molecule has 1 saturated heterocycles. The highest BCUT2D eigenvalue weighted by Gasteiger charge is 2.33. The zero-order valence-corrected chi connectivity index (χ0v) is 15.1. The molecule has 1 unspecified atom stereocenters. The molecule has 1 aliphatic rings. The number of nitrogens with zero attached hydrogens (tertiary/aromatic N) is 2. The van der Waals surface area contributed by atoms with Crippen LogP contribution in [0.3, 0.4) is 0 Å². The fourth-order valence-corrected chi connectivity index (χ4v) is 5.38. The van der Waals surface area contributed by atoms with Gasteiger partial charge in [0, 0.05) is 32.1 Å². The highest BCUT2D eigenvalue weighted by molar-refractivity contribution is 7.91. The molecule has 130 valence electrons. The van der Waals surface area contributed by atoms with Crippen molar-refractivity contribution in [1.82, 2.24) is 9.21 Å². The lowest BCUT2D eigenvalue weighted by Gasteiger charge is -2.28. The summed E-state index contributed by atoms with van der Waals surface area (Å²) in [6.45, 7) is 4.65. The molecule has 1 atom stereocenters. The first-order valence-electron chi connectivity index (χ1n) is 7.55. The quantitative estimate of drug-likeness (QED) is 0.616. The van der Waals surface area contributed by atoms with Gasteiger partial charge in [0.1, 0.15) is 0 Å². The molecular weight excluding hydrogens is 328 g/mol. The van der Waals surface area contributed by atoms with E-state index in [0.717, 1.165) is 6.26 Å². The molecule has 1 amide bonds. The molecule has 0 bridgehead atoms. The Morgan fingerprint density at radius 1 is 1.23 bits per heavy atom. The first-order valence-corrected chi connectivity index (χ1v) is 11.2. The van der Waals surface area contributed by atoms with Crippen LogP contribution in [0.15, 0.2) is 0 Å². The van der Waals surface area contributed by atoms with Crippen molar-refractivity contribution < 1.29 is 21.6 Å². The van der Waals surface area contributed by atoms with Crippen molar-refractivity contribution in [2.75, 3.05) is 37.4 Å². The second-order valence-corrected chi connectivity index (χ2v) is 9.86. The van der Waals surface area contributed by atoms with Gasteiger partial charge in [0.25, 0.3) is 0 Å². The van der Waals surface area contributed by atoms with E-state index in [1.807, 2.05) is 13.8 Å². The fourth-order valence-electron chi connectivity index (χ4n) is 2.72. The number of amides is 1. The standard InChI is InChI=1S/C13H26N2O5S2/c1-4-8-14(21(3,17)18)9-6-13(16)15(5-2)12-7-10-22(19,20)11-12/h12H,4-11H2,1-3H3. The molecule has 1 rings (SSSR count). The van der Waals surface area contributed by atoms with Crippen LogP contribution in [-0.4, -0.2) is 75.4 Å². The Morgan fingerprint density at radius 2 is 1.86 bits per heavy atom. The third-order valence-electron chi connectivity index (χ3n) is 3.83. The first-order chi connectivity index (χ1) is 10.1. The lowest BCUT2D eigenvalue weighted by molar-refractivity contribution is -0.132. The number of hydrogen-bond donors (Lipinski definition) is 0. The summed E-state index contributed by atoms with van der Waals surface area (Å²) >= 11 is 0. The topological polar surface area (TPSA) is 91.8 Å². The molecule has 1 fully saturated rings. The SMILES string of the molecule is CCCN(CCC(=O)N(CC)C1CCS(=O)(=O)C1)S(C)(=O)=O. The van der Waals surface area contributed by atoms with Gasteiger partial charge in [-0.1, -0.05) is 6.92 Å². The summed E-state index contributed by atoms with van der Waals surface area (Å²) in [5.74, 6) is -0.0567. The van der Waals surface area contributed by atoms with Crippen molar-refractivity contribution in [2.45, 2.75) is 39.2 Å². The van der Waals surface area contributed by atoms with Gasteiger partial charge in [-0.15, -0.1) is 0 Å². The van der Waals surface area contributed by atoms with Gasteiger partial charge in [-0.2, -0.15) is 0 Å². The summed E-state index contributed by atoms with van der Waals surface area (Å²) in [5.41, 5.74) is 0. The second kappa shape index (κ2) is 7.74. The van der Waals surface area contributed by atoms with Gasteiger partial charge in [-0.05, 0) is 19.8 Å². The van der Waals surface area contributed by atoms with Crippen molar-refractivity contribution in [2.24, 2.45) is 0 Å². The van der Waals surface area contributed by atoms with E-state index in [1.165, 1.54) is 4.31 Å². The minimum Gasteiger partial charge on any atom is -0.339 e. The maximum absolute atomic E-state index is 12.3. The maximum atomic E-state index is 12.3. The van der Waals surface area contributed by atoms with Crippen LogP contribution in [0.25, 0.3) is 0 Å². The maximum Gasteiger partial charge on any atom is 0.224 e. The van der Waals surface area contributed by atoms with E-state index in [9.17, 15) is 21.6 Å². The minimum absolute atomic E-state index is 0.0112. The Kier molecular flexibility index (Phi) is 6.82. The van der Waals surface area contributed by atoms with Crippen LogP contribution in [-0.2, 0) is 24.7 Å². The van der Waals surface area contributed by atoms with E-state index < -0.39 is 19.9 Å². The van der Waals surface area contributed by atoms with Crippen LogP contribution >= 0.6 is 0 Å². The van der Waals surface area contributed by atoms with Gasteiger partial charge in [-0.3, -0.25) is 4.79 Å². The second-order valence-electron chi connectivity index (χ2n) is 5.65. The average molecular weight is 354 g/mol. The average Bonchev–Trinajstić information content (AvgIpc) is 2.74. The van der Waals surface area contributed by atoms with E-state index in [0.29, 0.717) is 25.9 Å². The van der Waals surface area contributed by atoms with Crippen LogP contribution in [0.4, 0.5) is 0 Å². The molecule has 0 saturated carbocycles. The predicted octanol–water partition coefficient (Wildman–Crippen LogP) is 0.0837. The van der Waals surface area contributed by atoms with Crippen LogP contribution < -0.4 is 0 Å². The monoisotopic (exact) mass is 354 g/mol. The summed E-state index contributed by atoms with van der Waals surface area (Å²) < 4.78 is 47.7. The molecule has 0 N–H and O–H groups in total. The van der Waals surface area contributed by atoms with E-state index in [-0.39, 0.29) is 36.4 Å². The molecule has 9 heteroatoms. The summed E-state index contributed by atoms with van der Waals surface area (Å²) in [6.07, 6.45) is 2.36. The number of carbonyl (C=O) groups is 1. The Hall–Kier alpha value is -0.670. The summed E-state index contributed by atoms with van der Waals surface area (Å²) in [4.78, 5) is 13.9. The van der Waals surface area contributed by atoms with Gasteiger partial charge in [-0.25, -0.2) is 21.1 Å². The zero-order valence-electron chi connectivity index (χ0n) is 13.5. The lowest BCUT2D eigenvalue weighted by atomic mass is 10.2. The van der Waals surface area contributed by atoms with Gasteiger partial charge < -0.3 is 4.90 Å². The van der Waals surface area contributed by atoms with Crippen molar-refractivity contribution in [1.29, 1.82) is 0 Å². The molecule has 0 spiro atoms. The van der Waals surface area contributed by atoms with Crippen molar-refractivity contribution >= 4 is 25.8 Å². The van der Waals surface area contributed by atoms with Crippen molar-refractivity contribution in [3.05, 3.63) is 0 Å². The smallest absolute Gasteiger partial charge is 0.224 e. The van der Waals surface area contributed by atoms with Gasteiger partial charge in [0.2, 0.25) is 15.9 Å². The third kappa shape index (κ3) is 5.51. The third-order valence-corrected chi connectivity index (χ3v) is 6.88. The Morgan fingerprint density at radius 3 is 2.27 bits per heavy atom. The van der Waals surface area contributed by atoms with E-state index in [2.05, 4.69) is 0 Å². The highest BCUT2D eigenvalue weighted by atomic mass is 32.2. The number of sulfonamides is 1.